The molecule has 2 fully saturated rings. The summed E-state index contributed by atoms with van der Waals surface area (Å²) in [6, 6.07) is 4.07. The van der Waals surface area contributed by atoms with Crippen LogP contribution in [0, 0.1) is 0 Å². The lowest BCUT2D eigenvalue weighted by molar-refractivity contribution is 0.122. The number of aromatic nitrogens is 4. The zero-order valence-electron chi connectivity index (χ0n) is 21.0. The van der Waals surface area contributed by atoms with Crippen LogP contribution in [0.15, 0.2) is 46.0 Å². The molecule has 190 valence electrons. The topological polar surface area (TPSA) is 108 Å². The van der Waals surface area contributed by atoms with Gasteiger partial charge in [-0.3, -0.25) is 10.1 Å². The van der Waals surface area contributed by atoms with Gasteiger partial charge in [0, 0.05) is 55.7 Å². The molecule has 0 radical (unpaired) electrons. The highest BCUT2D eigenvalue weighted by atomic mass is 16.5. The van der Waals surface area contributed by atoms with E-state index < -0.39 is 0 Å². The second-order valence-corrected chi connectivity index (χ2v) is 9.48. The third-order valence-corrected chi connectivity index (χ3v) is 6.69. The summed E-state index contributed by atoms with van der Waals surface area (Å²) in [7, 11) is 2.17. The van der Waals surface area contributed by atoms with E-state index in [1.807, 2.05) is 12.1 Å². The molecule has 0 atom stereocenters. The molecule has 10 nitrogen and oxygen atoms in total. The number of nitrogens with zero attached hydrogens (tertiary/aromatic N) is 6. The van der Waals surface area contributed by atoms with E-state index in [0.717, 1.165) is 79.4 Å². The summed E-state index contributed by atoms with van der Waals surface area (Å²) in [5, 5.41) is 10.8. The Balaban J connectivity index is 1.40. The maximum Gasteiger partial charge on any atom is 0.231 e. The van der Waals surface area contributed by atoms with Gasteiger partial charge in [0.05, 0.1) is 13.2 Å². The number of hydrogen-bond acceptors (Lipinski definition) is 9. The summed E-state index contributed by atoms with van der Waals surface area (Å²) in [4.78, 5) is 18.3. The first kappa shape index (κ1) is 24.2. The fourth-order valence-corrected chi connectivity index (χ4v) is 4.69. The average Bonchev–Trinajstić information content (AvgIpc) is 3.51. The largest absolute Gasteiger partial charge is 0.455 e. The first-order valence-corrected chi connectivity index (χ1v) is 12.5. The van der Waals surface area contributed by atoms with Crippen molar-refractivity contribution < 1.29 is 9.15 Å². The molecule has 0 spiro atoms. The summed E-state index contributed by atoms with van der Waals surface area (Å²) in [6.07, 6.45) is 8.12. The van der Waals surface area contributed by atoms with Crippen LogP contribution in [-0.2, 0) is 11.2 Å². The van der Waals surface area contributed by atoms with Gasteiger partial charge < -0.3 is 24.3 Å². The zero-order chi connectivity index (χ0) is 24.9. The lowest BCUT2D eigenvalue weighted by Crippen LogP contribution is -2.37. The zero-order valence-corrected chi connectivity index (χ0v) is 21.0. The summed E-state index contributed by atoms with van der Waals surface area (Å²) in [5.74, 6) is 3.39. The van der Waals surface area contributed by atoms with E-state index in [4.69, 9.17) is 19.1 Å². The second-order valence-electron chi connectivity index (χ2n) is 9.48. The van der Waals surface area contributed by atoms with Crippen molar-refractivity contribution in [3.05, 3.63) is 48.0 Å². The SMILES string of the molecule is C=CN=C/C=C(\C)Cc1cc(Nc2nc(N3CCOCC3)c3oc(C4CCN(C)CC4)cc3n2)n[nH]1. The number of aliphatic imine (C=N–C) groups is 1. The van der Waals surface area contributed by atoms with Crippen molar-refractivity contribution in [3.63, 3.8) is 0 Å². The van der Waals surface area contributed by atoms with Gasteiger partial charge in [0.15, 0.2) is 17.2 Å². The molecule has 5 heterocycles. The molecule has 0 bridgehead atoms. The monoisotopic (exact) mass is 490 g/mol. The van der Waals surface area contributed by atoms with Crippen molar-refractivity contribution in [2.24, 2.45) is 4.99 Å². The van der Waals surface area contributed by atoms with Crippen molar-refractivity contribution >= 4 is 34.9 Å². The second kappa shape index (κ2) is 11.0. The summed E-state index contributed by atoms with van der Waals surface area (Å²) < 4.78 is 12.0. The summed E-state index contributed by atoms with van der Waals surface area (Å²) >= 11 is 0. The fraction of sp³-hybridized carbons (Fsp3) is 0.462. The standard InChI is InChI=1S/C26H34N8O2/c1-4-27-8-5-18(2)15-20-16-23(32-31-20)29-26-28-21-17-22(19-6-9-33(3)10-7-19)36-24(21)25(30-26)34-11-13-35-14-12-34/h4-5,8,16-17,19H,1,6-7,9-15H2,2-3H3,(H2,28,29,30,31,32)/b18-5+,27-8?. The predicted octanol–water partition coefficient (Wildman–Crippen LogP) is 4.04. The molecule has 3 aromatic rings. The number of H-pyrrole nitrogens is 1. The Morgan fingerprint density at radius 1 is 1.22 bits per heavy atom. The first-order chi connectivity index (χ1) is 17.6. The smallest absolute Gasteiger partial charge is 0.231 e. The first-order valence-electron chi connectivity index (χ1n) is 12.5. The molecule has 2 saturated heterocycles. The minimum Gasteiger partial charge on any atom is -0.455 e. The highest BCUT2D eigenvalue weighted by molar-refractivity contribution is 5.86. The Morgan fingerprint density at radius 3 is 2.81 bits per heavy atom. The number of morpholine rings is 1. The van der Waals surface area contributed by atoms with Gasteiger partial charge in [-0.2, -0.15) is 10.1 Å². The molecule has 0 aromatic carbocycles. The van der Waals surface area contributed by atoms with Crippen LogP contribution in [0.25, 0.3) is 11.1 Å². The summed E-state index contributed by atoms with van der Waals surface area (Å²) in [5.41, 5.74) is 3.71. The average molecular weight is 491 g/mol. The Kier molecular flexibility index (Phi) is 7.43. The van der Waals surface area contributed by atoms with Crippen LogP contribution in [0.5, 0.6) is 0 Å². The van der Waals surface area contributed by atoms with Crippen LogP contribution in [0.2, 0.25) is 0 Å². The minimum atomic E-state index is 0.408. The van der Waals surface area contributed by atoms with Gasteiger partial charge in [-0.15, -0.1) is 0 Å². The van der Waals surface area contributed by atoms with Gasteiger partial charge in [0.1, 0.15) is 11.3 Å². The number of nitrogens with one attached hydrogen (secondary N) is 2. The van der Waals surface area contributed by atoms with Gasteiger partial charge >= 0.3 is 0 Å². The predicted molar refractivity (Wildman–Crippen MR) is 142 cm³/mol. The van der Waals surface area contributed by atoms with Gasteiger partial charge in [-0.05, 0) is 46.0 Å². The number of anilines is 3. The van der Waals surface area contributed by atoms with Crippen LogP contribution < -0.4 is 10.2 Å². The normalized spacial score (nSPS) is 18.4. The molecular formula is C26H34N8O2. The Hall–Kier alpha value is -3.50. The summed E-state index contributed by atoms with van der Waals surface area (Å²) in [6.45, 7) is 10.7. The van der Waals surface area contributed by atoms with Gasteiger partial charge in [0.25, 0.3) is 0 Å². The quantitative estimate of drug-likeness (QED) is 0.456. The van der Waals surface area contributed by atoms with E-state index in [1.165, 1.54) is 6.20 Å². The lowest BCUT2D eigenvalue weighted by atomic mass is 9.95. The van der Waals surface area contributed by atoms with Crippen molar-refractivity contribution in [3.8, 4) is 0 Å². The molecule has 0 aliphatic carbocycles. The minimum absolute atomic E-state index is 0.408. The van der Waals surface area contributed by atoms with E-state index in [1.54, 1.807) is 6.21 Å². The number of piperidine rings is 1. The molecule has 2 aliphatic heterocycles. The molecular weight excluding hydrogens is 456 g/mol. The number of furan rings is 1. The van der Waals surface area contributed by atoms with Crippen LogP contribution in [0.3, 0.4) is 0 Å². The van der Waals surface area contributed by atoms with Crippen LogP contribution in [0.4, 0.5) is 17.6 Å². The Labute approximate surface area is 211 Å². The number of ether oxygens (including phenoxy) is 1. The number of fused-ring (bicyclic) bond motifs is 1. The van der Waals surface area contributed by atoms with Gasteiger partial charge in [0.2, 0.25) is 5.95 Å². The third-order valence-electron chi connectivity index (χ3n) is 6.69. The maximum absolute atomic E-state index is 6.42. The van der Waals surface area contributed by atoms with Crippen LogP contribution >= 0.6 is 0 Å². The van der Waals surface area contributed by atoms with E-state index in [0.29, 0.717) is 30.9 Å². The molecule has 5 rings (SSSR count). The van der Waals surface area contributed by atoms with E-state index in [2.05, 4.69) is 56.9 Å². The number of hydrogen-bond donors (Lipinski definition) is 2. The highest BCUT2D eigenvalue weighted by Crippen LogP contribution is 2.35. The van der Waals surface area contributed by atoms with Gasteiger partial charge in [-0.1, -0.05) is 12.2 Å². The van der Waals surface area contributed by atoms with Crippen LogP contribution in [-0.4, -0.2) is 77.7 Å². The molecule has 0 amide bonds. The number of allylic oxidation sites excluding steroid dienone is 2. The maximum atomic E-state index is 6.42. The van der Waals surface area contributed by atoms with Gasteiger partial charge in [-0.25, -0.2) is 4.98 Å². The van der Waals surface area contributed by atoms with E-state index in [9.17, 15) is 0 Å². The lowest BCUT2D eigenvalue weighted by Gasteiger charge is -2.28. The molecule has 3 aromatic heterocycles. The highest BCUT2D eigenvalue weighted by Gasteiger charge is 2.26. The number of rotatable bonds is 8. The van der Waals surface area contributed by atoms with E-state index in [-0.39, 0.29) is 0 Å². The van der Waals surface area contributed by atoms with Crippen molar-refractivity contribution in [1.82, 2.24) is 25.1 Å². The third kappa shape index (κ3) is 5.66. The van der Waals surface area contributed by atoms with Crippen molar-refractivity contribution in [2.45, 2.75) is 32.1 Å². The Morgan fingerprint density at radius 2 is 2.03 bits per heavy atom. The molecule has 2 aliphatic rings. The fourth-order valence-electron chi connectivity index (χ4n) is 4.69. The Bertz CT molecular complexity index is 1250. The molecule has 2 N–H and O–H groups in total. The van der Waals surface area contributed by atoms with Crippen LogP contribution in [0.1, 0.15) is 37.1 Å². The number of aromatic amines is 1. The van der Waals surface area contributed by atoms with Crippen molar-refractivity contribution in [1.29, 1.82) is 0 Å². The number of likely N-dealkylation sites (tertiary alicyclic amines) is 1. The molecule has 0 saturated carbocycles. The molecule has 36 heavy (non-hydrogen) atoms. The van der Waals surface area contributed by atoms with Crippen molar-refractivity contribution in [2.75, 3.05) is 56.7 Å². The van der Waals surface area contributed by atoms with E-state index >= 15 is 0 Å². The molecule has 0 unspecified atom stereocenters. The molecule has 10 heteroatoms.